The first-order valence-electron chi connectivity index (χ1n) is 9.17. The maximum Gasteiger partial charge on any atom is 0.408 e. The first-order chi connectivity index (χ1) is 14.0. The molecule has 0 radical (unpaired) electrons. The quantitative estimate of drug-likeness (QED) is 0.562. The fourth-order valence-corrected chi connectivity index (χ4v) is 3.08. The largest absolute Gasteiger partial charge is 0.444 e. The van der Waals surface area contributed by atoms with Crippen LogP contribution in [0, 0.1) is 0 Å². The molecule has 8 nitrogen and oxygen atoms in total. The molecule has 10 heteroatoms. The number of aromatic nitrogens is 1. The van der Waals surface area contributed by atoms with E-state index in [9.17, 15) is 14.4 Å². The van der Waals surface area contributed by atoms with Gasteiger partial charge in [0.2, 0.25) is 0 Å². The van der Waals surface area contributed by atoms with E-state index in [1.807, 2.05) is 12.1 Å². The Morgan fingerprint density at radius 2 is 1.87 bits per heavy atom. The zero-order chi connectivity index (χ0) is 22.5. The number of carbonyl (C=O) groups is 3. The molecule has 0 saturated carbocycles. The van der Waals surface area contributed by atoms with E-state index < -0.39 is 29.6 Å². The summed E-state index contributed by atoms with van der Waals surface area (Å²) in [6.07, 6.45) is 0.809. The Hall–Kier alpha value is -2.52. The van der Waals surface area contributed by atoms with Crippen molar-refractivity contribution < 1.29 is 19.1 Å². The van der Waals surface area contributed by atoms with Crippen molar-refractivity contribution in [2.24, 2.45) is 0 Å². The van der Waals surface area contributed by atoms with Crippen molar-refractivity contribution in [2.45, 2.75) is 45.9 Å². The molecule has 0 spiro atoms. The molecular formula is C20H24BrClN4O4. The van der Waals surface area contributed by atoms with Gasteiger partial charge in [-0.15, -0.1) is 0 Å². The number of halogens is 2. The number of hydrogen-bond acceptors (Lipinski definition) is 4. The van der Waals surface area contributed by atoms with Crippen molar-refractivity contribution in [3.8, 4) is 0 Å². The van der Waals surface area contributed by atoms with Gasteiger partial charge in [0.25, 0.3) is 11.8 Å². The summed E-state index contributed by atoms with van der Waals surface area (Å²) in [5.74, 6) is -0.941. The second-order valence-electron chi connectivity index (χ2n) is 7.50. The van der Waals surface area contributed by atoms with E-state index in [0.717, 1.165) is 5.56 Å². The first kappa shape index (κ1) is 23.8. The van der Waals surface area contributed by atoms with E-state index >= 15 is 0 Å². The lowest BCUT2D eigenvalue weighted by atomic mass is 10.2. The van der Waals surface area contributed by atoms with Crippen molar-refractivity contribution >= 4 is 45.4 Å². The molecule has 0 fully saturated rings. The summed E-state index contributed by atoms with van der Waals surface area (Å²) in [6, 6.07) is 7.91. The van der Waals surface area contributed by atoms with Gasteiger partial charge in [-0.1, -0.05) is 29.8 Å². The van der Waals surface area contributed by atoms with Crippen molar-refractivity contribution in [1.82, 2.24) is 15.3 Å². The molecule has 3 amide bonds. The van der Waals surface area contributed by atoms with E-state index in [1.54, 1.807) is 39.0 Å². The smallest absolute Gasteiger partial charge is 0.408 e. The minimum Gasteiger partial charge on any atom is -0.444 e. The fourth-order valence-electron chi connectivity index (χ4n) is 2.39. The normalized spacial score (nSPS) is 12.1. The molecule has 1 aromatic heterocycles. The molecule has 162 valence electrons. The Kier molecular flexibility index (Phi) is 7.91. The van der Waals surface area contributed by atoms with Crippen LogP contribution in [0.1, 0.15) is 43.7 Å². The fraction of sp³-hybridized carbons (Fsp3) is 0.350. The molecule has 3 N–H and O–H groups in total. The van der Waals surface area contributed by atoms with Gasteiger partial charge in [0, 0.05) is 17.8 Å². The van der Waals surface area contributed by atoms with Gasteiger partial charge in [0.05, 0.1) is 4.47 Å². The van der Waals surface area contributed by atoms with Crippen molar-refractivity contribution in [3.63, 3.8) is 0 Å². The third-order valence-corrected chi connectivity index (χ3v) is 4.82. The van der Waals surface area contributed by atoms with E-state index in [1.165, 1.54) is 17.8 Å². The molecule has 0 aliphatic rings. The summed E-state index contributed by atoms with van der Waals surface area (Å²) < 4.78 is 6.91. The zero-order valence-electron chi connectivity index (χ0n) is 17.1. The predicted molar refractivity (Wildman–Crippen MR) is 118 cm³/mol. The van der Waals surface area contributed by atoms with E-state index in [4.69, 9.17) is 16.3 Å². The van der Waals surface area contributed by atoms with Gasteiger partial charge in [0.1, 0.15) is 17.3 Å². The van der Waals surface area contributed by atoms with Gasteiger partial charge < -0.3 is 15.4 Å². The van der Waals surface area contributed by atoms with E-state index in [-0.39, 0.29) is 12.2 Å². The standard InChI is InChI=1S/C20H24BrClN4O4/c1-12(24-19(29)30-20(2,3)4)17(27)25-26-10-9-14(21)16(26)18(28)23-11-13-7-5-6-8-15(13)22/h5-10,12H,11H2,1-4H3,(H,23,28)(H,24,29)(H,25,27). The Bertz CT molecular complexity index is 939. The number of amides is 3. The molecule has 2 rings (SSSR count). The number of carbonyl (C=O) groups excluding carboxylic acids is 3. The van der Waals surface area contributed by atoms with Crippen LogP contribution in [0.15, 0.2) is 41.0 Å². The molecule has 1 aromatic carbocycles. The number of ether oxygens (including phenoxy) is 1. The van der Waals surface area contributed by atoms with Gasteiger partial charge in [-0.2, -0.15) is 0 Å². The molecule has 0 bridgehead atoms. The maximum absolute atomic E-state index is 12.7. The monoisotopic (exact) mass is 498 g/mol. The SMILES string of the molecule is CC(NC(=O)OC(C)(C)C)C(=O)Nn1ccc(Br)c1C(=O)NCc1ccccc1Cl. The lowest BCUT2D eigenvalue weighted by molar-refractivity contribution is -0.118. The zero-order valence-corrected chi connectivity index (χ0v) is 19.4. The highest BCUT2D eigenvalue weighted by atomic mass is 79.9. The average molecular weight is 500 g/mol. The second kappa shape index (κ2) is 9.99. The number of alkyl carbamates (subject to hydrolysis) is 1. The molecule has 30 heavy (non-hydrogen) atoms. The Labute approximate surface area is 188 Å². The molecule has 0 aliphatic heterocycles. The van der Waals surface area contributed by atoms with Crippen LogP contribution in [0.4, 0.5) is 4.79 Å². The molecule has 1 heterocycles. The molecule has 0 saturated heterocycles. The summed E-state index contributed by atoms with van der Waals surface area (Å²) in [5, 5.41) is 5.76. The van der Waals surface area contributed by atoms with Gasteiger partial charge in [-0.3, -0.25) is 19.7 Å². The number of nitrogens with one attached hydrogen (secondary N) is 3. The van der Waals surface area contributed by atoms with Crippen molar-refractivity contribution in [2.75, 3.05) is 5.43 Å². The van der Waals surface area contributed by atoms with Crippen LogP contribution in [-0.4, -0.2) is 34.2 Å². The first-order valence-corrected chi connectivity index (χ1v) is 10.3. The summed E-state index contributed by atoms with van der Waals surface area (Å²) in [5.41, 5.74) is 2.86. The third-order valence-electron chi connectivity index (χ3n) is 3.81. The summed E-state index contributed by atoms with van der Waals surface area (Å²) in [7, 11) is 0. The van der Waals surface area contributed by atoms with Crippen LogP contribution in [0.5, 0.6) is 0 Å². The minimum atomic E-state index is -0.889. The molecule has 2 aromatic rings. The van der Waals surface area contributed by atoms with E-state index in [0.29, 0.717) is 9.50 Å². The number of nitrogens with zero attached hydrogens (tertiary/aromatic N) is 1. The predicted octanol–water partition coefficient (Wildman–Crippen LogP) is 3.82. The highest BCUT2D eigenvalue weighted by Gasteiger charge is 2.23. The topological polar surface area (TPSA) is 101 Å². The summed E-state index contributed by atoms with van der Waals surface area (Å²) >= 11 is 9.42. The van der Waals surface area contributed by atoms with E-state index in [2.05, 4.69) is 32.0 Å². The Morgan fingerprint density at radius 1 is 1.20 bits per heavy atom. The van der Waals surface area contributed by atoms with Crippen LogP contribution in [-0.2, 0) is 16.1 Å². The lowest BCUT2D eigenvalue weighted by Gasteiger charge is -2.22. The van der Waals surface area contributed by atoms with Gasteiger partial charge in [-0.25, -0.2) is 4.79 Å². The Morgan fingerprint density at radius 3 is 2.50 bits per heavy atom. The molecule has 1 unspecified atom stereocenters. The second-order valence-corrected chi connectivity index (χ2v) is 8.76. The third kappa shape index (κ3) is 6.77. The van der Waals surface area contributed by atoms with Crippen LogP contribution >= 0.6 is 27.5 Å². The molecule has 0 aliphatic carbocycles. The van der Waals surface area contributed by atoms with Gasteiger partial charge in [-0.05, 0) is 61.3 Å². The van der Waals surface area contributed by atoms with Crippen LogP contribution in [0.3, 0.4) is 0 Å². The lowest BCUT2D eigenvalue weighted by Crippen LogP contribution is -2.46. The molecule has 1 atom stereocenters. The molecular weight excluding hydrogens is 476 g/mol. The minimum absolute atomic E-state index is 0.194. The van der Waals surface area contributed by atoms with Crippen LogP contribution < -0.4 is 16.1 Å². The van der Waals surface area contributed by atoms with Crippen LogP contribution in [0.25, 0.3) is 0 Å². The van der Waals surface area contributed by atoms with Crippen molar-refractivity contribution in [3.05, 3.63) is 57.3 Å². The van der Waals surface area contributed by atoms with Crippen LogP contribution in [0.2, 0.25) is 5.02 Å². The Balaban J connectivity index is 2.02. The summed E-state index contributed by atoms with van der Waals surface area (Å²) in [6.45, 7) is 6.90. The summed E-state index contributed by atoms with van der Waals surface area (Å²) in [4.78, 5) is 37.0. The average Bonchev–Trinajstić information content (AvgIpc) is 2.99. The highest BCUT2D eigenvalue weighted by Crippen LogP contribution is 2.19. The highest BCUT2D eigenvalue weighted by molar-refractivity contribution is 9.10. The van der Waals surface area contributed by atoms with Gasteiger partial charge in [0.15, 0.2) is 0 Å². The number of rotatable bonds is 6. The number of hydrogen-bond donors (Lipinski definition) is 3. The number of benzene rings is 1. The van der Waals surface area contributed by atoms with Crippen molar-refractivity contribution in [1.29, 1.82) is 0 Å². The van der Waals surface area contributed by atoms with Gasteiger partial charge >= 0.3 is 6.09 Å². The maximum atomic E-state index is 12.7.